The van der Waals surface area contributed by atoms with Crippen LogP contribution in [0.2, 0.25) is 0 Å². The predicted octanol–water partition coefficient (Wildman–Crippen LogP) is -0.114. The molecule has 1 heterocycles. The van der Waals surface area contributed by atoms with Crippen molar-refractivity contribution in [1.29, 1.82) is 0 Å². The van der Waals surface area contributed by atoms with E-state index in [4.69, 9.17) is 0 Å². The zero-order valence-corrected chi connectivity index (χ0v) is 8.04. The van der Waals surface area contributed by atoms with E-state index in [1.807, 2.05) is 0 Å². The lowest BCUT2D eigenvalue weighted by molar-refractivity contribution is 0.0303. The normalized spacial score (nSPS) is 31.2. The first-order valence-electron chi connectivity index (χ1n) is 3.60. The summed E-state index contributed by atoms with van der Waals surface area (Å²) in [7, 11) is -2.41. The Hall–Kier alpha value is -0.820. The van der Waals surface area contributed by atoms with Crippen LogP contribution in [0.4, 0.5) is 4.79 Å². The highest BCUT2D eigenvalue weighted by atomic mass is 32.2. The zero-order chi connectivity index (χ0) is 10.1. The van der Waals surface area contributed by atoms with E-state index in [1.54, 1.807) is 0 Å². The van der Waals surface area contributed by atoms with Gasteiger partial charge in [-0.15, -0.1) is 0 Å². The van der Waals surface area contributed by atoms with Crippen LogP contribution in [-0.4, -0.2) is 39.6 Å². The number of methoxy groups -OCH3 is 1. The molecule has 1 saturated heterocycles. The van der Waals surface area contributed by atoms with E-state index >= 15 is 0 Å². The fourth-order valence-electron chi connectivity index (χ4n) is 0.892. The van der Waals surface area contributed by atoms with Crippen molar-refractivity contribution >= 4 is 16.3 Å². The molecule has 0 radical (unpaired) electrons. The first-order chi connectivity index (χ1) is 5.97. The Morgan fingerprint density at radius 3 is 2.54 bits per heavy atom. The van der Waals surface area contributed by atoms with Crippen molar-refractivity contribution in [3.05, 3.63) is 0 Å². The molecule has 6 nitrogen and oxygen atoms in total. The first kappa shape index (κ1) is 10.3. The van der Waals surface area contributed by atoms with Gasteiger partial charge in [-0.3, -0.25) is 4.18 Å². The fourth-order valence-corrected chi connectivity index (χ4v) is 1.94. The van der Waals surface area contributed by atoms with E-state index in [0.29, 0.717) is 0 Å². The quantitative estimate of drug-likeness (QED) is 0.443. The van der Waals surface area contributed by atoms with Crippen molar-refractivity contribution < 1.29 is 26.9 Å². The molecular weight excluding hydrogens is 200 g/mol. The van der Waals surface area contributed by atoms with Crippen LogP contribution in [0.3, 0.4) is 0 Å². The van der Waals surface area contributed by atoms with E-state index in [0.717, 1.165) is 7.11 Å². The van der Waals surface area contributed by atoms with Crippen LogP contribution >= 0.6 is 0 Å². The predicted molar refractivity (Wildman–Crippen MR) is 41.6 cm³/mol. The van der Waals surface area contributed by atoms with Crippen LogP contribution in [0, 0.1) is 0 Å². The Morgan fingerprint density at radius 1 is 1.54 bits per heavy atom. The summed E-state index contributed by atoms with van der Waals surface area (Å²) in [6, 6.07) is 0. The maximum Gasteiger partial charge on any atom is 0.508 e. The minimum absolute atomic E-state index is 0.140. The van der Waals surface area contributed by atoms with Gasteiger partial charge in [-0.25, -0.2) is 4.79 Å². The minimum atomic E-state index is -3.56. The van der Waals surface area contributed by atoms with Gasteiger partial charge in [0.05, 0.1) is 7.11 Å². The molecule has 0 amide bonds. The lowest BCUT2D eigenvalue weighted by Crippen LogP contribution is -2.29. The number of ether oxygens (including phenoxy) is 2. The summed E-state index contributed by atoms with van der Waals surface area (Å²) in [5.74, 6) is 0. The molecule has 0 bridgehead atoms. The minimum Gasteiger partial charge on any atom is -0.438 e. The van der Waals surface area contributed by atoms with Gasteiger partial charge in [-0.2, -0.15) is 8.42 Å². The summed E-state index contributed by atoms with van der Waals surface area (Å²) in [6.07, 6.45) is -1.69. The highest BCUT2D eigenvalue weighted by Gasteiger charge is 2.41. The van der Waals surface area contributed by atoms with E-state index in [2.05, 4.69) is 13.7 Å². The van der Waals surface area contributed by atoms with Crippen molar-refractivity contribution in [1.82, 2.24) is 0 Å². The smallest absolute Gasteiger partial charge is 0.438 e. The van der Waals surface area contributed by atoms with Gasteiger partial charge in [-0.05, 0) is 6.92 Å². The third-order valence-corrected chi connectivity index (χ3v) is 3.47. The largest absolute Gasteiger partial charge is 0.508 e. The molecule has 0 aromatic heterocycles. The second-order valence-electron chi connectivity index (χ2n) is 2.59. The van der Waals surface area contributed by atoms with Gasteiger partial charge in [-0.1, -0.05) is 0 Å². The van der Waals surface area contributed by atoms with Gasteiger partial charge < -0.3 is 9.47 Å². The number of carbonyl (C=O) groups is 1. The van der Waals surface area contributed by atoms with Crippen molar-refractivity contribution in [3.8, 4) is 0 Å². The lowest BCUT2D eigenvalue weighted by Gasteiger charge is -2.11. The lowest BCUT2D eigenvalue weighted by atomic mass is 10.3. The first-order valence-corrected chi connectivity index (χ1v) is 5.07. The number of rotatable bonds is 1. The SMILES string of the molecule is COC(=O)OC1COS(=O)(=O)C1C. The maximum atomic E-state index is 11.0. The van der Waals surface area contributed by atoms with Crippen LogP contribution in [-0.2, 0) is 23.8 Å². The van der Waals surface area contributed by atoms with Crippen LogP contribution in [0.15, 0.2) is 0 Å². The van der Waals surface area contributed by atoms with Gasteiger partial charge in [0.25, 0.3) is 10.1 Å². The maximum absolute atomic E-state index is 11.0. The molecule has 2 unspecified atom stereocenters. The van der Waals surface area contributed by atoms with Gasteiger partial charge in [0.15, 0.2) is 0 Å². The molecule has 1 aliphatic rings. The molecule has 76 valence electrons. The fraction of sp³-hybridized carbons (Fsp3) is 0.833. The molecule has 1 aliphatic heterocycles. The molecule has 2 atom stereocenters. The van der Waals surface area contributed by atoms with Gasteiger partial charge in [0.1, 0.15) is 18.0 Å². The van der Waals surface area contributed by atoms with Crippen molar-refractivity contribution in [3.63, 3.8) is 0 Å². The average Bonchev–Trinajstić information content (AvgIpc) is 2.32. The number of carbonyl (C=O) groups excluding carboxylic acids is 1. The van der Waals surface area contributed by atoms with Crippen molar-refractivity contribution in [2.45, 2.75) is 18.3 Å². The van der Waals surface area contributed by atoms with Crippen LogP contribution in [0.5, 0.6) is 0 Å². The molecule has 0 saturated carbocycles. The molecule has 0 aromatic carbocycles. The highest BCUT2D eigenvalue weighted by molar-refractivity contribution is 7.87. The molecule has 1 fully saturated rings. The Kier molecular flexibility index (Phi) is 2.77. The molecule has 13 heavy (non-hydrogen) atoms. The highest BCUT2D eigenvalue weighted by Crippen LogP contribution is 2.20. The summed E-state index contributed by atoms with van der Waals surface area (Å²) in [5, 5.41) is -0.841. The van der Waals surface area contributed by atoms with E-state index in [-0.39, 0.29) is 6.61 Å². The molecule has 7 heteroatoms. The molecule has 0 spiro atoms. The number of hydrogen-bond acceptors (Lipinski definition) is 6. The number of hydrogen-bond donors (Lipinski definition) is 0. The topological polar surface area (TPSA) is 78.9 Å². The molecule has 0 aliphatic carbocycles. The van der Waals surface area contributed by atoms with E-state index in [1.165, 1.54) is 6.92 Å². The standard InChI is InChI=1S/C6H10O6S/c1-4-5(12-6(7)10-2)3-11-13(4,8)9/h4-5H,3H2,1-2H3. The van der Waals surface area contributed by atoms with Gasteiger partial charge in [0.2, 0.25) is 0 Å². The Labute approximate surface area is 75.9 Å². The van der Waals surface area contributed by atoms with Gasteiger partial charge in [0, 0.05) is 0 Å². The molecule has 0 N–H and O–H groups in total. The zero-order valence-electron chi connectivity index (χ0n) is 7.22. The monoisotopic (exact) mass is 210 g/mol. The summed E-state index contributed by atoms with van der Waals surface area (Å²) in [6.45, 7) is 1.27. The van der Waals surface area contributed by atoms with Crippen LogP contribution in [0.1, 0.15) is 6.92 Å². The Bertz CT molecular complexity index is 294. The average molecular weight is 210 g/mol. The third-order valence-electron chi connectivity index (χ3n) is 1.79. The Balaban J connectivity index is 2.61. The van der Waals surface area contributed by atoms with Crippen molar-refractivity contribution in [2.24, 2.45) is 0 Å². The second kappa shape index (κ2) is 3.51. The molecule has 0 aromatic rings. The molecule has 1 rings (SSSR count). The second-order valence-corrected chi connectivity index (χ2v) is 4.56. The van der Waals surface area contributed by atoms with Crippen LogP contribution in [0.25, 0.3) is 0 Å². The summed E-state index contributed by atoms with van der Waals surface area (Å²) in [5.41, 5.74) is 0. The Morgan fingerprint density at radius 2 is 2.15 bits per heavy atom. The third kappa shape index (κ3) is 2.10. The summed E-state index contributed by atoms with van der Waals surface area (Å²) >= 11 is 0. The van der Waals surface area contributed by atoms with Crippen molar-refractivity contribution in [2.75, 3.05) is 13.7 Å². The summed E-state index contributed by atoms with van der Waals surface area (Å²) < 4.78 is 35.3. The van der Waals surface area contributed by atoms with E-state index in [9.17, 15) is 13.2 Å². The molecular formula is C6H10O6S. The van der Waals surface area contributed by atoms with Gasteiger partial charge >= 0.3 is 6.16 Å². The van der Waals surface area contributed by atoms with E-state index < -0.39 is 27.6 Å². The van der Waals surface area contributed by atoms with Crippen LogP contribution < -0.4 is 0 Å². The summed E-state index contributed by atoms with van der Waals surface area (Å²) in [4.78, 5) is 10.6.